The summed E-state index contributed by atoms with van der Waals surface area (Å²) in [5, 5.41) is 2.79. The fraction of sp³-hybridized carbons (Fsp3) is 0.278. The fourth-order valence-electron chi connectivity index (χ4n) is 2.29. The maximum Gasteiger partial charge on any atom is 0.240 e. The highest BCUT2D eigenvalue weighted by molar-refractivity contribution is 7.89. The number of hydrogen-bond donors (Lipinski definition) is 2. The lowest BCUT2D eigenvalue weighted by Gasteiger charge is -2.10. The monoisotopic (exact) mass is 362 g/mol. The molecule has 2 aromatic carbocycles. The van der Waals surface area contributed by atoms with Crippen LogP contribution in [0.5, 0.6) is 0 Å². The Labute approximate surface area is 148 Å². The van der Waals surface area contributed by atoms with Gasteiger partial charge in [0, 0.05) is 26.6 Å². The van der Waals surface area contributed by atoms with E-state index in [4.69, 9.17) is 4.74 Å². The van der Waals surface area contributed by atoms with Crippen LogP contribution in [0.25, 0.3) is 0 Å². The Morgan fingerprint density at radius 3 is 2.32 bits per heavy atom. The molecule has 2 aromatic rings. The molecule has 0 aliphatic carbocycles. The van der Waals surface area contributed by atoms with E-state index in [0.717, 1.165) is 11.1 Å². The van der Waals surface area contributed by atoms with Gasteiger partial charge in [0.25, 0.3) is 0 Å². The van der Waals surface area contributed by atoms with E-state index in [-0.39, 0.29) is 23.8 Å². The number of amides is 1. The van der Waals surface area contributed by atoms with Crippen molar-refractivity contribution in [2.45, 2.75) is 24.5 Å². The van der Waals surface area contributed by atoms with Crippen LogP contribution >= 0.6 is 0 Å². The molecule has 0 unspecified atom stereocenters. The zero-order valence-electron chi connectivity index (χ0n) is 14.1. The Bertz CT molecular complexity index is 792. The highest BCUT2D eigenvalue weighted by atomic mass is 32.2. The quantitative estimate of drug-likeness (QED) is 0.713. The van der Waals surface area contributed by atoms with E-state index in [0.29, 0.717) is 13.2 Å². The van der Waals surface area contributed by atoms with Crippen molar-refractivity contribution < 1.29 is 17.9 Å². The van der Waals surface area contributed by atoms with Crippen LogP contribution in [-0.4, -0.2) is 28.0 Å². The normalized spacial score (nSPS) is 11.2. The van der Waals surface area contributed by atoms with Gasteiger partial charge in [0.05, 0.1) is 11.5 Å². The lowest BCUT2D eigenvalue weighted by molar-refractivity contribution is -0.121. The number of sulfonamides is 1. The first-order chi connectivity index (χ1) is 12.0. The van der Waals surface area contributed by atoms with Gasteiger partial charge in [-0.2, -0.15) is 0 Å². The van der Waals surface area contributed by atoms with Gasteiger partial charge in [-0.25, -0.2) is 13.1 Å². The van der Waals surface area contributed by atoms with E-state index < -0.39 is 10.0 Å². The minimum Gasteiger partial charge on any atom is -0.380 e. The summed E-state index contributed by atoms with van der Waals surface area (Å²) in [4.78, 5) is 12.1. The van der Waals surface area contributed by atoms with Crippen LogP contribution in [0.1, 0.15) is 17.5 Å². The minimum absolute atomic E-state index is 0.0444. The van der Waals surface area contributed by atoms with Crippen molar-refractivity contribution in [1.29, 1.82) is 0 Å². The third-order valence-electron chi connectivity index (χ3n) is 3.59. The van der Waals surface area contributed by atoms with E-state index in [2.05, 4.69) is 10.0 Å². The predicted octanol–water partition coefficient (Wildman–Crippen LogP) is 1.82. The molecule has 7 heteroatoms. The van der Waals surface area contributed by atoms with Gasteiger partial charge in [0.15, 0.2) is 0 Å². The summed E-state index contributed by atoms with van der Waals surface area (Å²) in [5.74, 6) is -0.219. The molecule has 0 aliphatic rings. The van der Waals surface area contributed by atoms with Crippen molar-refractivity contribution in [3.8, 4) is 0 Å². The number of ether oxygens (including phenoxy) is 1. The molecule has 0 saturated carbocycles. The number of benzene rings is 2. The second kappa shape index (κ2) is 9.31. The van der Waals surface area contributed by atoms with Gasteiger partial charge in [-0.15, -0.1) is 0 Å². The van der Waals surface area contributed by atoms with E-state index in [1.54, 1.807) is 25.3 Å². The Morgan fingerprint density at radius 2 is 1.64 bits per heavy atom. The second-order valence-electron chi connectivity index (χ2n) is 5.44. The van der Waals surface area contributed by atoms with Crippen LogP contribution in [-0.2, 0) is 32.7 Å². The van der Waals surface area contributed by atoms with Gasteiger partial charge in [-0.05, 0) is 23.3 Å². The molecule has 2 N–H and O–H groups in total. The van der Waals surface area contributed by atoms with Crippen molar-refractivity contribution in [2.24, 2.45) is 0 Å². The number of hydrogen-bond acceptors (Lipinski definition) is 4. The lowest BCUT2D eigenvalue weighted by Crippen LogP contribution is -2.30. The zero-order chi connectivity index (χ0) is 18.1. The molecule has 0 spiro atoms. The molecule has 6 nitrogen and oxygen atoms in total. The minimum atomic E-state index is -3.58. The highest BCUT2D eigenvalue weighted by Gasteiger charge is 2.13. The number of nitrogens with one attached hydrogen (secondary N) is 2. The van der Waals surface area contributed by atoms with Crippen LogP contribution < -0.4 is 10.0 Å². The smallest absolute Gasteiger partial charge is 0.240 e. The summed E-state index contributed by atoms with van der Waals surface area (Å²) in [5.41, 5.74) is 1.98. The van der Waals surface area contributed by atoms with Crippen molar-refractivity contribution >= 4 is 15.9 Å². The third-order valence-corrected chi connectivity index (χ3v) is 5.07. The van der Waals surface area contributed by atoms with E-state index in [1.165, 1.54) is 12.1 Å². The molecule has 0 saturated heterocycles. The second-order valence-corrected chi connectivity index (χ2v) is 7.21. The van der Waals surface area contributed by atoms with Gasteiger partial charge in [0.2, 0.25) is 15.9 Å². The zero-order valence-corrected chi connectivity index (χ0v) is 14.9. The summed E-state index contributed by atoms with van der Waals surface area (Å²) in [7, 11) is -1.96. The first kappa shape index (κ1) is 19.1. The Balaban J connectivity index is 1.80. The van der Waals surface area contributed by atoms with Gasteiger partial charge >= 0.3 is 0 Å². The van der Waals surface area contributed by atoms with Crippen LogP contribution in [0.3, 0.4) is 0 Å². The Hall–Kier alpha value is -2.22. The van der Waals surface area contributed by atoms with Crippen molar-refractivity contribution in [1.82, 2.24) is 10.0 Å². The summed E-state index contributed by atoms with van der Waals surface area (Å²) < 4.78 is 31.7. The van der Waals surface area contributed by atoms with E-state index >= 15 is 0 Å². The Kier molecular flexibility index (Phi) is 7.12. The molecular formula is C18H22N2O4S. The number of carbonyl (C=O) groups is 1. The third kappa shape index (κ3) is 5.97. The number of rotatable bonds is 9. The molecule has 0 radical (unpaired) electrons. The highest BCUT2D eigenvalue weighted by Crippen LogP contribution is 2.10. The molecule has 0 heterocycles. The molecule has 0 atom stereocenters. The molecule has 0 bridgehead atoms. The van der Waals surface area contributed by atoms with E-state index in [1.807, 2.05) is 24.3 Å². The summed E-state index contributed by atoms with van der Waals surface area (Å²) in [6.07, 6.45) is 0.0680. The maximum absolute atomic E-state index is 12.1. The summed E-state index contributed by atoms with van der Waals surface area (Å²) >= 11 is 0. The molecule has 0 aliphatic heterocycles. The van der Waals surface area contributed by atoms with Gasteiger partial charge in [0.1, 0.15) is 0 Å². The SMILES string of the molecule is COCc1ccccc1CNC(=O)CCNS(=O)(=O)c1ccccc1. The summed E-state index contributed by atoms with van der Waals surface area (Å²) in [6, 6.07) is 15.7. The first-order valence-corrected chi connectivity index (χ1v) is 9.38. The maximum atomic E-state index is 12.1. The predicted molar refractivity (Wildman–Crippen MR) is 95.2 cm³/mol. The molecular weight excluding hydrogens is 340 g/mol. The molecule has 2 rings (SSSR count). The van der Waals surface area contributed by atoms with Crippen LogP contribution in [0.15, 0.2) is 59.5 Å². The molecule has 0 aromatic heterocycles. The molecule has 0 fully saturated rings. The van der Waals surface area contributed by atoms with Crippen molar-refractivity contribution in [2.75, 3.05) is 13.7 Å². The van der Waals surface area contributed by atoms with E-state index in [9.17, 15) is 13.2 Å². The fourth-order valence-corrected chi connectivity index (χ4v) is 3.34. The summed E-state index contributed by atoms with van der Waals surface area (Å²) in [6.45, 7) is 0.898. The van der Waals surface area contributed by atoms with Gasteiger partial charge in [-0.3, -0.25) is 4.79 Å². The van der Waals surface area contributed by atoms with Crippen molar-refractivity contribution in [3.63, 3.8) is 0 Å². The number of methoxy groups -OCH3 is 1. The van der Waals surface area contributed by atoms with Crippen LogP contribution in [0, 0.1) is 0 Å². The number of carbonyl (C=O) groups excluding carboxylic acids is 1. The first-order valence-electron chi connectivity index (χ1n) is 7.90. The van der Waals surface area contributed by atoms with Gasteiger partial charge in [-0.1, -0.05) is 42.5 Å². The largest absolute Gasteiger partial charge is 0.380 e. The van der Waals surface area contributed by atoms with Gasteiger partial charge < -0.3 is 10.1 Å². The van der Waals surface area contributed by atoms with Crippen LogP contribution in [0.2, 0.25) is 0 Å². The average molecular weight is 362 g/mol. The lowest BCUT2D eigenvalue weighted by atomic mass is 10.1. The Morgan fingerprint density at radius 1 is 1.00 bits per heavy atom. The molecule has 25 heavy (non-hydrogen) atoms. The topological polar surface area (TPSA) is 84.5 Å². The van der Waals surface area contributed by atoms with Crippen LogP contribution in [0.4, 0.5) is 0 Å². The van der Waals surface area contributed by atoms with Crippen molar-refractivity contribution in [3.05, 3.63) is 65.7 Å². The molecule has 1 amide bonds. The molecule has 134 valence electrons. The average Bonchev–Trinajstić information content (AvgIpc) is 2.62. The standard InChI is InChI=1S/C18H22N2O4S/c1-24-14-16-8-6-5-7-15(16)13-19-18(21)11-12-20-25(22,23)17-9-3-2-4-10-17/h2-10,20H,11-14H2,1H3,(H,19,21).